The van der Waals surface area contributed by atoms with Crippen molar-refractivity contribution in [3.05, 3.63) is 61.6 Å². The maximum Gasteiger partial charge on any atom is 0.271 e. The van der Waals surface area contributed by atoms with Crippen molar-refractivity contribution in [3.63, 3.8) is 0 Å². The normalized spacial score (nSPS) is 10.7. The van der Waals surface area contributed by atoms with E-state index in [1.54, 1.807) is 18.3 Å². The molecule has 1 amide bonds. The van der Waals surface area contributed by atoms with Crippen LogP contribution in [0.2, 0.25) is 0 Å². The van der Waals surface area contributed by atoms with Crippen molar-refractivity contribution in [1.82, 2.24) is 5.43 Å². The minimum Gasteiger partial charge on any atom is -0.493 e. The number of amides is 1. The van der Waals surface area contributed by atoms with Crippen LogP contribution >= 0.6 is 38.5 Å². The molecule has 2 rings (SSSR count). The van der Waals surface area contributed by atoms with Crippen LogP contribution < -0.4 is 10.2 Å². The van der Waals surface area contributed by atoms with Gasteiger partial charge in [-0.25, -0.2) is 5.43 Å². The molecule has 0 saturated carbocycles. The molecular formula is C16H14BrIN2O2. The molecule has 0 fully saturated rings. The third-order valence-electron chi connectivity index (χ3n) is 2.73. The zero-order chi connectivity index (χ0) is 15.9. The van der Waals surface area contributed by atoms with Crippen molar-refractivity contribution in [2.45, 2.75) is 6.92 Å². The summed E-state index contributed by atoms with van der Waals surface area (Å²) >= 11 is 5.57. The number of nitrogens with zero attached hydrogens (tertiary/aromatic N) is 1. The number of hydrazone groups is 1. The summed E-state index contributed by atoms with van der Waals surface area (Å²) in [7, 11) is 0. The van der Waals surface area contributed by atoms with E-state index in [0.717, 1.165) is 19.4 Å². The predicted octanol–water partition coefficient (Wildman–Crippen LogP) is 4.22. The van der Waals surface area contributed by atoms with Crippen molar-refractivity contribution < 1.29 is 9.53 Å². The Balaban J connectivity index is 2.09. The van der Waals surface area contributed by atoms with E-state index in [4.69, 9.17) is 4.74 Å². The van der Waals surface area contributed by atoms with Crippen molar-refractivity contribution in [3.8, 4) is 5.75 Å². The first-order chi connectivity index (χ1) is 10.6. The Hall–Kier alpha value is -1.41. The van der Waals surface area contributed by atoms with Crippen LogP contribution in [0.25, 0.3) is 0 Å². The molecule has 2 aromatic carbocycles. The first kappa shape index (κ1) is 17.0. The summed E-state index contributed by atoms with van der Waals surface area (Å²) in [6.07, 6.45) is 1.57. The van der Waals surface area contributed by atoms with Crippen LogP contribution in [0.3, 0.4) is 0 Å². The lowest BCUT2D eigenvalue weighted by Gasteiger charge is -2.07. The van der Waals surface area contributed by atoms with Crippen LogP contribution in [0.15, 0.2) is 52.0 Å². The molecule has 0 aliphatic heterocycles. The SMILES string of the molecule is CCOc1ccc(Br)cc1/C=N\NC(=O)c1cccc(I)c1. The predicted molar refractivity (Wildman–Crippen MR) is 99.5 cm³/mol. The van der Waals surface area contributed by atoms with E-state index in [9.17, 15) is 4.79 Å². The molecule has 6 heteroatoms. The van der Waals surface area contributed by atoms with Crippen molar-refractivity contribution in [2.24, 2.45) is 5.10 Å². The fourth-order valence-electron chi connectivity index (χ4n) is 1.76. The number of halogens is 2. The van der Waals surface area contributed by atoms with E-state index in [0.29, 0.717) is 12.2 Å². The fraction of sp³-hybridized carbons (Fsp3) is 0.125. The molecule has 0 atom stereocenters. The number of carbonyl (C=O) groups is 1. The van der Waals surface area contributed by atoms with Crippen LogP contribution in [-0.4, -0.2) is 18.7 Å². The third-order valence-corrected chi connectivity index (χ3v) is 3.89. The number of rotatable bonds is 5. The van der Waals surface area contributed by atoms with Crippen LogP contribution in [0.5, 0.6) is 5.75 Å². The average Bonchev–Trinajstić information content (AvgIpc) is 2.50. The number of hydrogen-bond donors (Lipinski definition) is 1. The number of carbonyl (C=O) groups excluding carboxylic acids is 1. The van der Waals surface area contributed by atoms with Crippen LogP contribution in [0, 0.1) is 3.57 Å². The number of benzene rings is 2. The third kappa shape index (κ3) is 4.81. The number of hydrogen-bond acceptors (Lipinski definition) is 3. The van der Waals surface area contributed by atoms with Crippen molar-refractivity contribution in [2.75, 3.05) is 6.61 Å². The van der Waals surface area contributed by atoms with Crippen LogP contribution in [-0.2, 0) is 0 Å². The maximum atomic E-state index is 12.0. The van der Waals surface area contributed by atoms with Crippen LogP contribution in [0.4, 0.5) is 0 Å². The van der Waals surface area contributed by atoms with E-state index < -0.39 is 0 Å². The van der Waals surface area contributed by atoms with Crippen molar-refractivity contribution in [1.29, 1.82) is 0 Å². The molecule has 0 aromatic heterocycles. The standard InChI is InChI=1S/C16H14BrIN2O2/c1-2-22-15-7-6-13(17)8-12(15)10-19-20-16(21)11-4-3-5-14(18)9-11/h3-10H,2H2,1H3,(H,20,21)/b19-10-. The minimum atomic E-state index is -0.247. The maximum absolute atomic E-state index is 12.0. The quantitative estimate of drug-likeness (QED) is 0.402. The highest BCUT2D eigenvalue weighted by molar-refractivity contribution is 14.1. The highest BCUT2D eigenvalue weighted by Crippen LogP contribution is 2.21. The first-order valence-electron chi connectivity index (χ1n) is 6.61. The zero-order valence-electron chi connectivity index (χ0n) is 11.8. The fourth-order valence-corrected chi connectivity index (χ4v) is 2.68. The second-order valence-corrected chi connectivity index (χ2v) is 6.49. The Morgan fingerprint density at radius 3 is 2.91 bits per heavy atom. The molecule has 0 spiro atoms. The Morgan fingerprint density at radius 1 is 1.36 bits per heavy atom. The second kappa shape index (κ2) is 8.28. The van der Waals surface area contributed by atoms with Gasteiger partial charge in [0, 0.05) is 19.2 Å². The smallest absolute Gasteiger partial charge is 0.271 e. The molecule has 0 radical (unpaired) electrons. The summed E-state index contributed by atoms with van der Waals surface area (Å²) < 4.78 is 7.44. The minimum absolute atomic E-state index is 0.247. The monoisotopic (exact) mass is 472 g/mol. The van der Waals surface area contributed by atoms with Gasteiger partial charge in [-0.3, -0.25) is 4.79 Å². The summed E-state index contributed by atoms with van der Waals surface area (Å²) in [5.41, 5.74) is 3.88. The Bertz CT molecular complexity index is 704. The highest BCUT2D eigenvalue weighted by atomic mass is 127. The molecular weight excluding hydrogens is 459 g/mol. The summed E-state index contributed by atoms with van der Waals surface area (Å²) in [5, 5.41) is 4.00. The molecule has 4 nitrogen and oxygen atoms in total. The first-order valence-corrected chi connectivity index (χ1v) is 8.48. The molecule has 0 heterocycles. The summed E-state index contributed by atoms with van der Waals surface area (Å²) in [6, 6.07) is 12.9. The van der Waals surface area contributed by atoms with Gasteiger partial charge in [-0.05, 0) is 65.9 Å². The Labute approximate surface area is 151 Å². The van der Waals surface area contributed by atoms with Gasteiger partial charge in [-0.2, -0.15) is 5.10 Å². The van der Waals surface area contributed by atoms with Crippen LogP contribution in [0.1, 0.15) is 22.8 Å². The second-order valence-electron chi connectivity index (χ2n) is 4.32. The van der Waals surface area contributed by atoms with Crippen molar-refractivity contribution >= 4 is 50.6 Å². The topological polar surface area (TPSA) is 50.7 Å². The highest BCUT2D eigenvalue weighted by Gasteiger charge is 2.05. The van der Waals surface area contributed by atoms with Gasteiger partial charge in [0.05, 0.1) is 12.8 Å². The summed E-state index contributed by atoms with van der Waals surface area (Å²) in [6.45, 7) is 2.49. The molecule has 0 saturated heterocycles. The molecule has 114 valence electrons. The van der Waals surface area contributed by atoms with E-state index in [1.165, 1.54) is 0 Å². The lowest BCUT2D eigenvalue weighted by atomic mass is 10.2. The van der Waals surface area contributed by atoms with E-state index in [1.807, 2.05) is 37.3 Å². The van der Waals surface area contributed by atoms with Gasteiger partial charge in [-0.1, -0.05) is 22.0 Å². The number of nitrogens with one attached hydrogen (secondary N) is 1. The van der Waals surface area contributed by atoms with Gasteiger partial charge < -0.3 is 4.74 Å². The van der Waals surface area contributed by atoms with Gasteiger partial charge in [0.1, 0.15) is 5.75 Å². The molecule has 0 aliphatic carbocycles. The van der Waals surface area contributed by atoms with Gasteiger partial charge in [0.25, 0.3) is 5.91 Å². The largest absolute Gasteiger partial charge is 0.493 e. The van der Waals surface area contributed by atoms with E-state index in [2.05, 4.69) is 49.0 Å². The lowest BCUT2D eigenvalue weighted by molar-refractivity contribution is 0.0955. The Kier molecular flexibility index (Phi) is 6.38. The van der Waals surface area contributed by atoms with Gasteiger partial charge in [-0.15, -0.1) is 0 Å². The van der Waals surface area contributed by atoms with Gasteiger partial charge in [0.2, 0.25) is 0 Å². The molecule has 0 aliphatic rings. The number of ether oxygens (including phenoxy) is 1. The molecule has 0 unspecified atom stereocenters. The van der Waals surface area contributed by atoms with E-state index >= 15 is 0 Å². The summed E-state index contributed by atoms with van der Waals surface area (Å²) in [4.78, 5) is 12.0. The molecule has 0 bridgehead atoms. The Morgan fingerprint density at radius 2 is 2.18 bits per heavy atom. The molecule has 22 heavy (non-hydrogen) atoms. The molecule has 2 aromatic rings. The summed E-state index contributed by atoms with van der Waals surface area (Å²) in [5.74, 6) is 0.473. The zero-order valence-corrected chi connectivity index (χ0v) is 15.6. The van der Waals surface area contributed by atoms with E-state index in [-0.39, 0.29) is 5.91 Å². The average molecular weight is 473 g/mol. The molecule has 1 N–H and O–H groups in total. The van der Waals surface area contributed by atoms with Gasteiger partial charge >= 0.3 is 0 Å². The van der Waals surface area contributed by atoms with Gasteiger partial charge in [0.15, 0.2) is 0 Å². The lowest BCUT2D eigenvalue weighted by Crippen LogP contribution is -2.17.